The number of nitrogens with one attached hydrogen (secondary N) is 1. The van der Waals surface area contributed by atoms with Gasteiger partial charge in [-0.3, -0.25) is 4.79 Å². The highest BCUT2D eigenvalue weighted by Gasteiger charge is 2.09. The molecule has 0 spiro atoms. The number of nitrogens with two attached hydrogens (primary N) is 1. The molecule has 0 saturated carbocycles. The number of methoxy groups -OCH3 is 1. The molecule has 4 heteroatoms. The summed E-state index contributed by atoms with van der Waals surface area (Å²) in [6, 6.07) is 7.15. The number of anilines is 1. The number of benzene rings is 1. The standard InChI is InChI=1S/C12H18N2O2/c1-9(13)12(15)14-11-6-4-3-5-10(11)7-8-16-2/h3-6,9H,7-8,13H2,1-2H3,(H,14,15)/t9-/m0/s1. The Morgan fingerprint density at radius 1 is 1.50 bits per heavy atom. The molecule has 1 atom stereocenters. The summed E-state index contributed by atoms with van der Waals surface area (Å²) < 4.78 is 5.02. The average Bonchev–Trinajstić information content (AvgIpc) is 2.27. The van der Waals surface area contributed by atoms with Crippen LogP contribution in [-0.2, 0) is 16.0 Å². The summed E-state index contributed by atoms with van der Waals surface area (Å²) in [7, 11) is 1.66. The van der Waals surface area contributed by atoms with Crippen molar-refractivity contribution in [3.63, 3.8) is 0 Å². The number of ether oxygens (including phenoxy) is 1. The maximum Gasteiger partial charge on any atom is 0.241 e. The van der Waals surface area contributed by atoms with E-state index in [-0.39, 0.29) is 5.91 Å². The maximum atomic E-state index is 11.5. The molecular weight excluding hydrogens is 204 g/mol. The van der Waals surface area contributed by atoms with Crippen LogP contribution in [0.2, 0.25) is 0 Å². The van der Waals surface area contributed by atoms with Crippen molar-refractivity contribution >= 4 is 11.6 Å². The first-order valence-electron chi connectivity index (χ1n) is 5.28. The van der Waals surface area contributed by atoms with Gasteiger partial charge in [-0.1, -0.05) is 18.2 Å². The molecule has 4 nitrogen and oxygen atoms in total. The highest BCUT2D eigenvalue weighted by Crippen LogP contribution is 2.15. The Morgan fingerprint density at radius 3 is 2.81 bits per heavy atom. The lowest BCUT2D eigenvalue weighted by molar-refractivity contribution is -0.117. The second-order valence-corrected chi connectivity index (χ2v) is 3.68. The quantitative estimate of drug-likeness (QED) is 0.785. The Bertz CT molecular complexity index is 351. The summed E-state index contributed by atoms with van der Waals surface area (Å²) in [4.78, 5) is 11.5. The molecule has 0 saturated heterocycles. The number of hydrogen-bond donors (Lipinski definition) is 2. The number of para-hydroxylation sites is 1. The molecule has 0 radical (unpaired) electrons. The number of amides is 1. The average molecular weight is 222 g/mol. The van der Waals surface area contributed by atoms with E-state index in [0.29, 0.717) is 6.61 Å². The fraction of sp³-hybridized carbons (Fsp3) is 0.417. The molecule has 0 unspecified atom stereocenters. The Kier molecular flexibility index (Phi) is 4.95. The van der Waals surface area contributed by atoms with E-state index >= 15 is 0 Å². The van der Waals surface area contributed by atoms with Crippen LogP contribution in [0, 0.1) is 0 Å². The van der Waals surface area contributed by atoms with E-state index in [9.17, 15) is 4.79 Å². The largest absolute Gasteiger partial charge is 0.384 e. The summed E-state index contributed by atoms with van der Waals surface area (Å²) in [5, 5.41) is 2.80. The van der Waals surface area contributed by atoms with Gasteiger partial charge in [0.2, 0.25) is 5.91 Å². The fourth-order valence-electron chi connectivity index (χ4n) is 1.32. The SMILES string of the molecule is COCCc1ccccc1NC(=O)[C@H](C)N. The van der Waals surface area contributed by atoms with Gasteiger partial charge in [-0.2, -0.15) is 0 Å². The van der Waals surface area contributed by atoms with Gasteiger partial charge in [0, 0.05) is 12.8 Å². The zero-order valence-electron chi connectivity index (χ0n) is 9.69. The fourth-order valence-corrected chi connectivity index (χ4v) is 1.32. The van der Waals surface area contributed by atoms with E-state index in [2.05, 4.69) is 5.32 Å². The molecule has 0 aliphatic carbocycles. The highest BCUT2D eigenvalue weighted by atomic mass is 16.5. The third-order valence-electron chi connectivity index (χ3n) is 2.26. The molecule has 0 heterocycles. The van der Waals surface area contributed by atoms with Crippen LogP contribution in [0.5, 0.6) is 0 Å². The van der Waals surface area contributed by atoms with Gasteiger partial charge < -0.3 is 15.8 Å². The second-order valence-electron chi connectivity index (χ2n) is 3.68. The van der Waals surface area contributed by atoms with Gasteiger partial charge in [0.15, 0.2) is 0 Å². The van der Waals surface area contributed by atoms with Gasteiger partial charge in [-0.25, -0.2) is 0 Å². The Hall–Kier alpha value is -1.39. The summed E-state index contributed by atoms with van der Waals surface area (Å²) >= 11 is 0. The van der Waals surface area contributed by atoms with Crippen LogP contribution >= 0.6 is 0 Å². The lowest BCUT2D eigenvalue weighted by Gasteiger charge is -2.12. The van der Waals surface area contributed by atoms with E-state index in [4.69, 9.17) is 10.5 Å². The summed E-state index contributed by atoms with van der Waals surface area (Å²) in [5.74, 6) is -0.176. The summed E-state index contributed by atoms with van der Waals surface area (Å²) in [5.41, 5.74) is 7.36. The van der Waals surface area contributed by atoms with Gasteiger partial charge in [0.05, 0.1) is 12.6 Å². The molecule has 88 valence electrons. The number of hydrogen-bond acceptors (Lipinski definition) is 3. The molecule has 0 fully saturated rings. The number of rotatable bonds is 5. The molecule has 1 amide bonds. The number of carbonyl (C=O) groups excluding carboxylic acids is 1. The summed E-state index contributed by atoms with van der Waals surface area (Å²) in [6.07, 6.45) is 0.770. The summed E-state index contributed by atoms with van der Waals surface area (Å²) in [6.45, 7) is 2.29. The van der Waals surface area contributed by atoms with Crippen molar-refractivity contribution in [3.8, 4) is 0 Å². The van der Waals surface area contributed by atoms with E-state index in [1.165, 1.54) is 0 Å². The Morgan fingerprint density at radius 2 is 2.19 bits per heavy atom. The van der Waals surface area contributed by atoms with Crippen LogP contribution in [0.25, 0.3) is 0 Å². The minimum Gasteiger partial charge on any atom is -0.384 e. The Labute approximate surface area is 95.8 Å². The minimum absolute atomic E-state index is 0.176. The first-order chi connectivity index (χ1) is 7.65. The second kappa shape index (κ2) is 6.25. The van der Waals surface area contributed by atoms with Gasteiger partial charge in [0.1, 0.15) is 0 Å². The molecule has 1 rings (SSSR count). The van der Waals surface area contributed by atoms with Crippen molar-refractivity contribution in [1.29, 1.82) is 0 Å². The van der Waals surface area contributed by atoms with Crippen molar-refractivity contribution < 1.29 is 9.53 Å². The van der Waals surface area contributed by atoms with E-state index in [0.717, 1.165) is 17.7 Å². The first kappa shape index (κ1) is 12.7. The zero-order valence-corrected chi connectivity index (χ0v) is 9.69. The third-order valence-corrected chi connectivity index (χ3v) is 2.26. The molecule has 0 aliphatic heterocycles. The van der Waals surface area contributed by atoms with Crippen LogP contribution in [0.1, 0.15) is 12.5 Å². The first-order valence-corrected chi connectivity index (χ1v) is 5.28. The molecule has 0 aliphatic rings. The highest BCUT2D eigenvalue weighted by molar-refractivity contribution is 5.95. The molecule has 16 heavy (non-hydrogen) atoms. The van der Waals surface area contributed by atoms with Crippen LogP contribution in [0.3, 0.4) is 0 Å². The molecule has 1 aromatic carbocycles. The van der Waals surface area contributed by atoms with Crippen molar-refractivity contribution in [1.82, 2.24) is 0 Å². The van der Waals surface area contributed by atoms with Crippen molar-refractivity contribution in [2.24, 2.45) is 5.73 Å². The Balaban J connectivity index is 2.74. The lowest BCUT2D eigenvalue weighted by atomic mass is 10.1. The molecule has 0 bridgehead atoms. The lowest BCUT2D eigenvalue weighted by Crippen LogP contribution is -2.32. The van der Waals surface area contributed by atoms with Crippen molar-refractivity contribution in [3.05, 3.63) is 29.8 Å². The normalized spacial score (nSPS) is 12.2. The van der Waals surface area contributed by atoms with Gasteiger partial charge in [0.25, 0.3) is 0 Å². The minimum atomic E-state index is -0.504. The maximum absolute atomic E-state index is 11.5. The van der Waals surface area contributed by atoms with Crippen LogP contribution in [0.4, 0.5) is 5.69 Å². The molecular formula is C12H18N2O2. The molecule has 1 aromatic rings. The van der Waals surface area contributed by atoms with Gasteiger partial charge >= 0.3 is 0 Å². The predicted molar refractivity (Wildman–Crippen MR) is 64.3 cm³/mol. The molecule has 3 N–H and O–H groups in total. The van der Waals surface area contributed by atoms with Crippen LogP contribution in [0.15, 0.2) is 24.3 Å². The zero-order chi connectivity index (χ0) is 12.0. The third kappa shape index (κ3) is 3.64. The smallest absolute Gasteiger partial charge is 0.241 e. The predicted octanol–water partition coefficient (Wildman–Crippen LogP) is 1.16. The van der Waals surface area contributed by atoms with Crippen molar-refractivity contribution in [2.45, 2.75) is 19.4 Å². The van der Waals surface area contributed by atoms with Crippen molar-refractivity contribution in [2.75, 3.05) is 19.0 Å². The monoisotopic (exact) mass is 222 g/mol. The van der Waals surface area contributed by atoms with Gasteiger partial charge in [-0.15, -0.1) is 0 Å². The van der Waals surface area contributed by atoms with E-state index in [1.807, 2.05) is 24.3 Å². The van der Waals surface area contributed by atoms with E-state index < -0.39 is 6.04 Å². The van der Waals surface area contributed by atoms with Gasteiger partial charge in [-0.05, 0) is 25.0 Å². The van der Waals surface area contributed by atoms with E-state index in [1.54, 1.807) is 14.0 Å². The van der Waals surface area contributed by atoms with Crippen LogP contribution in [-0.4, -0.2) is 25.7 Å². The number of carbonyl (C=O) groups is 1. The topological polar surface area (TPSA) is 64.3 Å². The molecule has 0 aromatic heterocycles. The van der Waals surface area contributed by atoms with Crippen LogP contribution < -0.4 is 11.1 Å².